The van der Waals surface area contributed by atoms with Crippen LogP contribution in [0.1, 0.15) is 18.4 Å². The zero-order valence-corrected chi connectivity index (χ0v) is 16.5. The number of hydrogen-bond donors (Lipinski definition) is 1. The van der Waals surface area contributed by atoms with Crippen LogP contribution in [0.5, 0.6) is 11.5 Å². The van der Waals surface area contributed by atoms with Crippen LogP contribution in [0.25, 0.3) is 0 Å². The molecule has 0 unspecified atom stereocenters. The lowest BCUT2D eigenvalue weighted by Crippen LogP contribution is -2.40. The van der Waals surface area contributed by atoms with Gasteiger partial charge in [-0.25, -0.2) is 0 Å². The van der Waals surface area contributed by atoms with E-state index >= 15 is 0 Å². The van der Waals surface area contributed by atoms with Crippen molar-refractivity contribution in [1.29, 1.82) is 0 Å². The second-order valence-corrected chi connectivity index (χ2v) is 7.13. The molecule has 1 fully saturated rings. The van der Waals surface area contributed by atoms with Crippen LogP contribution in [-0.2, 0) is 11.3 Å². The second-order valence-electron chi connectivity index (χ2n) is 6.72. The van der Waals surface area contributed by atoms with Crippen molar-refractivity contribution in [1.82, 2.24) is 4.90 Å². The number of nitrogens with zero attached hydrogens (tertiary/aromatic N) is 1. The predicted molar refractivity (Wildman–Crippen MR) is 108 cm³/mol. The quantitative estimate of drug-likeness (QED) is 0.805. The molecule has 6 heteroatoms. The molecule has 1 heterocycles. The highest BCUT2D eigenvalue weighted by molar-refractivity contribution is 6.31. The predicted octanol–water partition coefficient (Wildman–Crippen LogP) is 4.21. The first-order valence-electron chi connectivity index (χ1n) is 9.09. The topological polar surface area (TPSA) is 50.8 Å². The lowest BCUT2D eigenvalue weighted by atomic mass is 9.96. The summed E-state index contributed by atoms with van der Waals surface area (Å²) in [7, 11) is 3.18. The molecule has 2 aromatic carbocycles. The number of piperidine rings is 1. The largest absolute Gasteiger partial charge is 0.497 e. The van der Waals surface area contributed by atoms with Gasteiger partial charge in [-0.2, -0.15) is 0 Å². The summed E-state index contributed by atoms with van der Waals surface area (Å²) in [4.78, 5) is 15.1. The number of rotatable bonds is 6. The summed E-state index contributed by atoms with van der Waals surface area (Å²) in [6, 6.07) is 13.2. The van der Waals surface area contributed by atoms with Gasteiger partial charge in [0.2, 0.25) is 5.91 Å². The molecule has 0 bridgehead atoms. The normalized spacial score (nSPS) is 17.4. The van der Waals surface area contributed by atoms with E-state index in [4.69, 9.17) is 21.1 Å². The molecule has 0 saturated carbocycles. The number of methoxy groups -OCH3 is 2. The summed E-state index contributed by atoms with van der Waals surface area (Å²) in [6.07, 6.45) is 1.87. The molecule has 5 nitrogen and oxygen atoms in total. The van der Waals surface area contributed by atoms with Gasteiger partial charge in [0.25, 0.3) is 0 Å². The fourth-order valence-electron chi connectivity index (χ4n) is 3.42. The third-order valence-corrected chi connectivity index (χ3v) is 5.26. The molecule has 3 rings (SSSR count). The molecule has 144 valence electrons. The van der Waals surface area contributed by atoms with Gasteiger partial charge in [0.05, 0.1) is 25.8 Å². The molecule has 0 spiro atoms. The fraction of sp³-hybridized carbons (Fsp3) is 0.381. The molecular weight excluding hydrogens is 364 g/mol. The van der Waals surface area contributed by atoms with Crippen molar-refractivity contribution in [3.63, 3.8) is 0 Å². The molecule has 1 amide bonds. The van der Waals surface area contributed by atoms with Gasteiger partial charge in [-0.3, -0.25) is 9.69 Å². The van der Waals surface area contributed by atoms with Crippen molar-refractivity contribution in [2.75, 3.05) is 32.6 Å². The van der Waals surface area contributed by atoms with Crippen molar-refractivity contribution in [2.24, 2.45) is 5.92 Å². The Morgan fingerprint density at radius 2 is 2.04 bits per heavy atom. The van der Waals surface area contributed by atoms with Gasteiger partial charge in [0.1, 0.15) is 11.5 Å². The number of hydrogen-bond acceptors (Lipinski definition) is 4. The molecule has 27 heavy (non-hydrogen) atoms. The number of ether oxygens (including phenoxy) is 2. The first-order chi connectivity index (χ1) is 13.1. The minimum absolute atomic E-state index is 0.0160. The third kappa shape index (κ3) is 4.93. The molecule has 1 aliphatic rings. The van der Waals surface area contributed by atoms with Gasteiger partial charge >= 0.3 is 0 Å². The maximum Gasteiger partial charge on any atom is 0.228 e. The Labute approximate surface area is 165 Å². The summed E-state index contributed by atoms with van der Waals surface area (Å²) >= 11 is 6.28. The number of halogens is 1. The van der Waals surface area contributed by atoms with E-state index in [1.165, 1.54) is 0 Å². The summed E-state index contributed by atoms with van der Waals surface area (Å²) in [5, 5.41) is 3.78. The number of anilines is 1. The van der Waals surface area contributed by atoms with Crippen LogP contribution in [-0.4, -0.2) is 38.1 Å². The van der Waals surface area contributed by atoms with E-state index in [0.717, 1.165) is 43.1 Å². The van der Waals surface area contributed by atoms with Crippen molar-refractivity contribution < 1.29 is 14.3 Å². The zero-order chi connectivity index (χ0) is 19.2. The van der Waals surface area contributed by atoms with Crippen LogP contribution in [0.3, 0.4) is 0 Å². The van der Waals surface area contributed by atoms with Crippen LogP contribution in [0.15, 0.2) is 42.5 Å². The van der Waals surface area contributed by atoms with Crippen molar-refractivity contribution in [2.45, 2.75) is 19.4 Å². The highest BCUT2D eigenvalue weighted by atomic mass is 35.5. The Balaban J connectivity index is 1.64. The third-order valence-electron chi connectivity index (χ3n) is 4.89. The van der Waals surface area contributed by atoms with Gasteiger partial charge in [0.15, 0.2) is 0 Å². The Bertz CT molecular complexity index is 797. The summed E-state index contributed by atoms with van der Waals surface area (Å²) in [5.74, 6) is 1.23. The summed E-state index contributed by atoms with van der Waals surface area (Å²) < 4.78 is 10.6. The van der Waals surface area contributed by atoms with Crippen LogP contribution < -0.4 is 14.8 Å². The van der Waals surface area contributed by atoms with Gasteiger partial charge in [-0.1, -0.05) is 29.8 Å². The second kappa shape index (κ2) is 9.11. The van der Waals surface area contributed by atoms with E-state index < -0.39 is 0 Å². The smallest absolute Gasteiger partial charge is 0.228 e. The first-order valence-corrected chi connectivity index (χ1v) is 9.47. The van der Waals surface area contributed by atoms with Crippen LogP contribution in [0, 0.1) is 5.92 Å². The molecule has 1 N–H and O–H groups in total. The van der Waals surface area contributed by atoms with E-state index in [1.807, 2.05) is 30.3 Å². The minimum Gasteiger partial charge on any atom is -0.497 e. The fourth-order valence-corrected chi connectivity index (χ4v) is 3.61. The van der Waals surface area contributed by atoms with Gasteiger partial charge < -0.3 is 14.8 Å². The Kier molecular flexibility index (Phi) is 6.58. The number of carbonyl (C=O) groups is 1. The van der Waals surface area contributed by atoms with Crippen molar-refractivity contribution in [3.05, 3.63) is 53.1 Å². The number of benzene rings is 2. The molecule has 1 aliphatic heterocycles. The number of nitrogens with one attached hydrogen (secondary N) is 1. The molecule has 1 saturated heterocycles. The monoisotopic (exact) mass is 388 g/mol. The molecule has 1 atom stereocenters. The minimum atomic E-state index is -0.0620. The average molecular weight is 389 g/mol. The Morgan fingerprint density at radius 3 is 2.78 bits per heavy atom. The van der Waals surface area contributed by atoms with E-state index in [1.54, 1.807) is 26.4 Å². The molecule has 0 aliphatic carbocycles. The highest BCUT2D eigenvalue weighted by Crippen LogP contribution is 2.30. The van der Waals surface area contributed by atoms with Crippen LogP contribution >= 0.6 is 11.6 Å². The van der Waals surface area contributed by atoms with Gasteiger partial charge in [-0.15, -0.1) is 0 Å². The Morgan fingerprint density at radius 1 is 1.22 bits per heavy atom. The van der Waals surface area contributed by atoms with Crippen LogP contribution in [0.2, 0.25) is 5.02 Å². The lowest BCUT2D eigenvalue weighted by Gasteiger charge is -2.32. The molecule has 0 aromatic heterocycles. The van der Waals surface area contributed by atoms with Gasteiger partial charge in [0, 0.05) is 24.2 Å². The van der Waals surface area contributed by atoms with Crippen molar-refractivity contribution >= 4 is 23.2 Å². The first kappa shape index (κ1) is 19.5. The number of amides is 1. The lowest BCUT2D eigenvalue weighted by molar-refractivity contribution is -0.121. The Hall–Kier alpha value is -2.24. The number of carbonyl (C=O) groups excluding carboxylic acids is 1. The van der Waals surface area contributed by atoms with Crippen LogP contribution in [0.4, 0.5) is 5.69 Å². The van der Waals surface area contributed by atoms with E-state index in [0.29, 0.717) is 17.2 Å². The maximum absolute atomic E-state index is 12.8. The summed E-state index contributed by atoms with van der Waals surface area (Å²) in [6.45, 7) is 2.45. The average Bonchev–Trinajstić information content (AvgIpc) is 2.70. The SMILES string of the molecule is COc1ccc(NC(=O)[C@@H]2CCCN(Cc3ccccc3Cl)C2)c(OC)c1. The van der Waals surface area contributed by atoms with E-state index in [-0.39, 0.29) is 11.8 Å². The molecule has 0 radical (unpaired) electrons. The molecular formula is C21H25ClN2O3. The van der Waals surface area contributed by atoms with E-state index in [9.17, 15) is 4.79 Å². The molecule has 2 aromatic rings. The van der Waals surface area contributed by atoms with Crippen molar-refractivity contribution in [3.8, 4) is 11.5 Å². The highest BCUT2D eigenvalue weighted by Gasteiger charge is 2.26. The summed E-state index contributed by atoms with van der Waals surface area (Å²) in [5.41, 5.74) is 1.75. The van der Waals surface area contributed by atoms with Gasteiger partial charge in [-0.05, 0) is 43.1 Å². The zero-order valence-electron chi connectivity index (χ0n) is 15.7. The maximum atomic E-state index is 12.8. The number of likely N-dealkylation sites (tertiary alicyclic amines) is 1. The van der Waals surface area contributed by atoms with E-state index in [2.05, 4.69) is 10.2 Å². The standard InChI is InChI=1S/C21H25ClN2O3/c1-26-17-9-10-19(20(12-17)27-2)23-21(25)16-7-5-11-24(14-16)13-15-6-3-4-8-18(15)22/h3-4,6,8-10,12,16H,5,7,11,13-14H2,1-2H3,(H,23,25)/t16-/m1/s1.